The summed E-state index contributed by atoms with van der Waals surface area (Å²) in [5.41, 5.74) is 9.99. The summed E-state index contributed by atoms with van der Waals surface area (Å²) in [7, 11) is 1.65. The van der Waals surface area contributed by atoms with Crippen LogP contribution in [0.5, 0.6) is 11.5 Å². The number of nitrogens with one attached hydrogen (secondary N) is 1. The molecule has 0 amide bonds. The van der Waals surface area contributed by atoms with Gasteiger partial charge in [0.05, 0.1) is 26.9 Å². The quantitative estimate of drug-likeness (QED) is 0.322. The highest BCUT2D eigenvalue weighted by molar-refractivity contribution is 5.95. The fourth-order valence-corrected chi connectivity index (χ4v) is 3.72. The molecule has 1 atom stereocenters. The van der Waals surface area contributed by atoms with Crippen LogP contribution < -0.4 is 25.4 Å². The number of nitrogens with two attached hydrogens (primary N) is 1. The van der Waals surface area contributed by atoms with E-state index in [1.807, 2.05) is 23.1 Å². The van der Waals surface area contributed by atoms with Gasteiger partial charge in [0.15, 0.2) is 23.7 Å². The van der Waals surface area contributed by atoms with Crippen molar-refractivity contribution < 1.29 is 14.2 Å². The lowest BCUT2D eigenvalue weighted by molar-refractivity contribution is 0.0346. The van der Waals surface area contributed by atoms with E-state index in [4.69, 9.17) is 19.9 Å². The maximum atomic E-state index is 6.57. The molecule has 2 aromatic rings. The highest BCUT2D eigenvalue weighted by Crippen LogP contribution is 2.33. The normalized spacial score (nSPS) is 16.9. The molecule has 1 saturated heterocycles. The molecule has 2 aromatic carbocycles. The van der Waals surface area contributed by atoms with Gasteiger partial charge in [-0.25, -0.2) is 4.99 Å². The van der Waals surface area contributed by atoms with Crippen molar-refractivity contribution in [3.8, 4) is 11.5 Å². The number of unbranched alkanes of at least 4 members (excludes halogenated alkanes) is 1. The minimum Gasteiger partial charge on any atom is -0.493 e. The van der Waals surface area contributed by atoms with Crippen LogP contribution in [0, 0.1) is 0 Å². The molecule has 7 nitrogen and oxygen atoms in total. The fourth-order valence-electron chi connectivity index (χ4n) is 3.72. The maximum Gasteiger partial charge on any atom is 0.198 e. The third-order valence-electron chi connectivity index (χ3n) is 5.84. The van der Waals surface area contributed by atoms with Gasteiger partial charge in [0.1, 0.15) is 0 Å². The van der Waals surface area contributed by atoms with Crippen LogP contribution in [-0.2, 0) is 16.7 Å². The lowest BCUT2D eigenvalue weighted by Gasteiger charge is -2.28. The lowest BCUT2D eigenvalue weighted by Crippen LogP contribution is -2.42. The average Bonchev–Trinajstić information content (AvgIpc) is 2.83. The highest BCUT2D eigenvalue weighted by atomic mass is 16.5. The molecule has 186 valence electrons. The Morgan fingerprint density at radius 3 is 2.56 bits per heavy atom. The van der Waals surface area contributed by atoms with Gasteiger partial charge in [-0.05, 0) is 35.1 Å². The Bertz CT molecular complexity index is 932. The second kappa shape index (κ2) is 12.1. The van der Waals surface area contributed by atoms with E-state index in [2.05, 4.69) is 62.3 Å². The van der Waals surface area contributed by atoms with Crippen molar-refractivity contribution in [2.75, 3.05) is 38.3 Å². The zero-order chi connectivity index (χ0) is 24.6. The van der Waals surface area contributed by atoms with Crippen LogP contribution in [0.15, 0.2) is 47.5 Å². The van der Waals surface area contributed by atoms with Crippen LogP contribution in [0.4, 0.5) is 5.69 Å². The number of aliphatic imine (C=N–C) groups is 1. The molecule has 7 heteroatoms. The van der Waals surface area contributed by atoms with Gasteiger partial charge < -0.3 is 30.2 Å². The molecule has 1 unspecified atom stereocenters. The summed E-state index contributed by atoms with van der Waals surface area (Å²) < 4.78 is 17.3. The zero-order valence-electron chi connectivity index (χ0n) is 21.3. The number of morpholine rings is 1. The summed E-state index contributed by atoms with van der Waals surface area (Å²) >= 11 is 0. The van der Waals surface area contributed by atoms with E-state index in [1.165, 1.54) is 5.56 Å². The van der Waals surface area contributed by atoms with Gasteiger partial charge in [0, 0.05) is 24.8 Å². The predicted molar refractivity (Wildman–Crippen MR) is 139 cm³/mol. The van der Waals surface area contributed by atoms with E-state index < -0.39 is 0 Å². The summed E-state index contributed by atoms with van der Waals surface area (Å²) in [6, 6.07) is 14.5. The molecule has 34 heavy (non-hydrogen) atoms. The minimum absolute atomic E-state index is 0.102. The summed E-state index contributed by atoms with van der Waals surface area (Å²) in [5, 5.41) is 3.30. The number of anilines is 1. The van der Waals surface area contributed by atoms with Crippen molar-refractivity contribution in [1.29, 1.82) is 0 Å². The largest absolute Gasteiger partial charge is 0.493 e. The molecular weight excluding hydrogens is 428 g/mol. The van der Waals surface area contributed by atoms with E-state index in [9.17, 15) is 0 Å². The number of rotatable bonds is 9. The van der Waals surface area contributed by atoms with Crippen LogP contribution in [0.1, 0.15) is 51.7 Å². The monoisotopic (exact) mass is 468 g/mol. The second-order valence-electron chi connectivity index (χ2n) is 9.59. The third-order valence-corrected chi connectivity index (χ3v) is 5.84. The number of ether oxygens (including phenoxy) is 3. The molecule has 0 radical (unpaired) electrons. The van der Waals surface area contributed by atoms with Crippen molar-refractivity contribution in [2.45, 2.75) is 58.7 Å². The van der Waals surface area contributed by atoms with E-state index in [0.717, 1.165) is 30.6 Å². The summed E-state index contributed by atoms with van der Waals surface area (Å²) in [6.07, 6.45) is 1.73. The smallest absolute Gasteiger partial charge is 0.198 e. The topological polar surface area (TPSA) is 81.3 Å². The number of methoxy groups -OCH3 is 1. The molecule has 0 saturated carbocycles. The van der Waals surface area contributed by atoms with Crippen molar-refractivity contribution in [3.63, 3.8) is 0 Å². The van der Waals surface area contributed by atoms with Crippen LogP contribution in [0.3, 0.4) is 0 Å². The lowest BCUT2D eigenvalue weighted by atomic mass is 9.87. The van der Waals surface area contributed by atoms with E-state index in [1.54, 1.807) is 7.11 Å². The zero-order valence-corrected chi connectivity index (χ0v) is 21.3. The predicted octanol–water partition coefficient (Wildman–Crippen LogP) is 4.44. The SMILES string of the molecule is CCCCOc1cc(N(Cc2ccc(C(C)(C)C)cc2)C(N)=NC2CNCCO2)ccc1OC. The van der Waals surface area contributed by atoms with Crippen molar-refractivity contribution >= 4 is 11.6 Å². The van der Waals surface area contributed by atoms with Crippen LogP contribution >= 0.6 is 0 Å². The first-order valence-electron chi connectivity index (χ1n) is 12.1. The number of hydrogen-bond acceptors (Lipinski definition) is 5. The molecule has 1 heterocycles. The summed E-state index contributed by atoms with van der Waals surface area (Å²) in [4.78, 5) is 6.67. The Kier molecular flexibility index (Phi) is 9.19. The van der Waals surface area contributed by atoms with Gasteiger partial charge in [0.2, 0.25) is 0 Å². The van der Waals surface area contributed by atoms with Crippen molar-refractivity contribution in [3.05, 3.63) is 53.6 Å². The standard InChI is InChI=1S/C27H40N4O3/c1-6-7-15-33-24-17-22(12-13-23(24)32-5)31(26(28)30-25-18-29-14-16-34-25)19-20-8-10-21(11-9-20)27(2,3)4/h8-13,17,25,29H,6-7,14-16,18-19H2,1-5H3,(H2,28,30). The first-order valence-corrected chi connectivity index (χ1v) is 12.1. The van der Waals surface area contributed by atoms with E-state index in [-0.39, 0.29) is 11.6 Å². The fraction of sp³-hybridized carbons (Fsp3) is 0.519. The van der Waals surface area contributed by atoms with Gasteiger partial charge in [-0.3, -0.25) is 0 Å². The van der Waals surface area contributed by atoms with Crippen molar-refractivity contribution in [2.24, 2.45) is 10.7 Å². The van der Waals surface area contributed by atoms with E-state index >= 15 is 0 Å². The van der Waals surface area contributed by atoms with Crippen LogP contribution in [-0.4, -0.2) is 45.6 Å². The summed E-state index contributed by atoms with van der Waals surface area (Å²) in [6.45, 7) is 12.1. The Labute approximate surface area is 204 Å². The van der Waals surface area contributed by atoms with E-state index in [0.29, 0.717) is 43.8 Å². The summed E-state index contributed by atoms with van der Waals surface area (Å²) in [5.74, 6) is 1.80. The minimum atomic E-state index is -0.307. The molecule has 3 rings (SSSR count). The number of benzene rings is 2. The first-order chi connectivity index (χ1) is 16.3. The van der Waals surface area contributed by atoms with Crippen LogP contribution in [0.2, 0.25) is 0 Å². The number of guanidine groups is 1. The molecule has 1 aliphatic rings. The van der Waals surface area contributed by atoms with Crippen LogP contribution in [0.25, 0.3) is 0 Å². The third kappa shape index (κ3) is 7.11. The molecular formula is C27H40N4O3. The molecule has 3 N–H and O–H groups in total. The Morgan fingerprint density at radius 2 is 1.94 bits per heavy atom. The Hall–Kier alpha value is -2.77. The van der Waals surface area contributed by atoms with Crippen molar-refractivity contribution in [1.82, 2.24) is 5.32 Å². The van der Waals surface area contributed by atoms with Gasteiger partial charge in [-0.15, -0.1) is 0 Å². The highest BCUT2D eigenvalue weighted by Gasteiger charge is 2.19. The van der Waals surface area contributed by atoms with Gasteiger partial charge in [0.25, 0.3) is 0 Å². The number of nitrogens with zero attached hydrogens (tertiary/aromatic N) is 2. The number of hydrogen-bond donors (Lipinski definition) is 2. The van der Waals surface area contributed by atoms with Gasteiger partial charge in [-0.1, -0.05) is 58.4 Å². The second-order valence-corrected chi connectivity index (χ2v) is 9.59. The van der Waals surface area contributed by atoms with Gasteiger partial charge in [-0.2, -0.15) is 0 Å². The average molecular weight is 469 g/mol. The Morgan fingerprint density at radius 1 is 1.18 bits per heavy atom. The molecule has 0 aliphatic carbocycles. The van der Waals surface area contributed by atoms with Gasteiger partial charge >= 0.3 is 0 Å². The molecule has 1 aliphatic heterocycles. The first kappa shape index (κ1) is 25.8. The molecule has 1 fully saturated rings. The molecule has 0 spiro atoms. The maximum absolute atomic E-state index is 6.57. The molecule has 0 bridgehead atoms. The molecule has 0 aromatic heterocycles. The Balaban J connectivity index is 1.92.